The predicted molar refractivity (Wildman–Crippen MR) is 89.9 cm³/mol. The molecule has 0 fully saturated rings. The van der Waals surface area contributed by atoms with Crippen molar-refractivity contribution in [2.45, 2.75) is 49.4 Å². The van der Waals surface area contributed by atoms with E-state index < -0.39 is 0 Å². The Morgan fingerprint density at radius 2 is 1.29 bits per heavy atom. The van der Waals surface area contributed by atoms with Crippen molar-refractivity contribution < 1.29 is 9.59 Å². The summed E-state index contributed by atoms with van der Waals surface area (Å²) in [5.74, 6) is 1.35. The van der Waals surface area contributed by atoms with Crippen molar-refractivity contribution in [3.05, 3.63) is 0 Å². The fourth-order valence-electron chi connectivity index (χ4n) is 2.11. The van der Waals surface area contributed by atoms with Crippen molar-refractivity contribution >= 4 is 52.5 Å². The van der Waals surface area contributed by atoms with Crippen LogP contribution in [0.2, 0.25) is 22.2 Å². The summed E-state index contributed by atoms with van der Waals surface area (Å²) in [5.41, 5.74) is 0.981. The first-order valence-corrected chi connectivity index (χ1v) is 11.4. The molecule has 100 valence electrons. The van der Waals surface area contributed by atoms with E-state index in [0.29, 0.717) is 17.5 Å². The Hall–Kier alpha value is 0.208. The molecule has 0 saturated carbocycles. The third-order valence-corrected chi connectivity index (χ3v) is 8.25. The molecule has 2 nitrogen and oxygen atoms in total. The number of hydrogen-bond acceptors (Lipinski definition) is 2. The average Bonchev–Trinajstić information content (AvgIpc) is 2.25. The van der Waals surface area contributed by atoms with Crippen LogP contribution in [0.25, 0.3) is 0 Å². The second-order valence-corrected chi connectivity index (χ2v) is 11.8. The second kappa shape index (κ2) is 7.60. The predicted octanol–water partition coefficient (Wildman–Crippen LogP) is -2.19. The van der Waals surface area contributed by atoms with E-state index in [4.69, 9.17) is 0 Å². The van der Waals surface area contributed by atoms with E-state index in [1.807, 2.05) is 6.92 Å². The van der Waals surface area contributed by atoms with E-state index in [-0.39, 0.29) is 22.2 Å². The molecule has 0 spiro atoms. The van der Waals surface area contributed by atoms with E-state index in [0.717, 1.165) is 47.4 Å². The van der Waals surface area contributed by atoms with Gasteiger partial charge in [-0.1, -0.05) is 20.8 Å². The summed E-state index contributed by atoms with van der Waals surface area (Å²) >= 11 is 0. The molecule has 0 saturated heterocycles. The van der Waals surface area contributed by atoms with Crippen LogP contribution in [-0.2, 0) is 9.59 Å². The van der Waals surface area contributed by atoms with Gasteiger partial charge in [-0.25, -0.2) is 0 Å². The first-order chi connectivity index (χ1) is 7.68. The van der Waals surface area contributed by atoms with Crippen molar-refractivity contribution in [1.82, 2.24) is 0 Å². The summed E-state index contributed by atoms with van der Waals surface area (Å²) < 4.78 is 0. The van der Waals surface area contributed by atoms with Gasteiger partial charge in [0.15, 0.2) is 0 Å². The lowest BCUT2D eigenvalue weighted by molar-refractivity contribution is -0.120. The van der Waals surface area contributed by atoms with Gasteiger partial charge in [-0.3, -0.25) is 9.59 Å². The smallest absolute Gasteiger partial charge is 0.132 e. The second-order valence-electron chi connectivity index (χ2n) is 6.03. The van der Waals surface area contributed by atoms with E-state index in [9.17, 15) is 9.59 Å². The Kier molecular flexibility index (Phi) is 7.69. The van der Waals surface area contributed by atoms with E-state index >= 15 is 0 Å². The lowest BCUT2D eigenvalue weighted by atomic mass is 10.00. The molecule has 0 aliphatic rings. The Labute approximate surface area is 117 Å². The van der Waals surface area contributed by atoms with Crippen LogP contribution in [0.15, 0.2) is 0 Å². The Morgan fingerprint density at radius 1 is 0.882 bits per heavy atom. The molecular weight excluding hydrogens is 276 g/mol. The molecule has 4 atom stereocenters. The lowest BCUT2D eigenvalue weighted by Crippen LogP contribution is -2.23. The number of carbonyl (C=O) groups excluding carboxylic acids is 2. The maximum atomic E-state index is 12.2. The van der Waals surface area contributed by atoms with Crippen LogP contribution in [0.1, 0.15) is 27.2 Å². The summed E-state index contributed by atoms with van der Waals surface area (Å²) in [4.78, 5) is 24.1. The van der Waals surface area contributed by atoms with Crippen LogP contribution >= 0.6 is 0 Å². The van der Waals surface area contributed by atoms with Crippen molar-refractivity contribution in [2.75, 3.05) is 0 Å². The number of Topliss-reactive ketones (excluding diaryl/α,β-unsaturated/α-hetero) is 2. The van der Waals surface area contributed by atoms with Crippen LogP contribution < -0.4 is 0 Å². The molecular formula is C11H28O2Si4. The third-order valence-electron chi connectivity index (χ3n) is 3.70. The Balaban J connectivity index is 4.40. The minimum absolute atomic E-state index is 0.215. The molecule has 0 aromatic heterocycles. The molecule has 0 radical (unpaired) electrons. The lowest BCUT2D eigenvalue weighted by Gasteiger charge is -2.22. The zero-order chi connectivity index (χ0) is 13.7. The summed E-state index contributed by atoms with van der Waals surface area (Å²) in [5, 5.41) is 0. The number of hydrogen-bond donors (Lipinski definition) is 0. The SMILES string of the molecule is CC([SiH3])C(=O)C([SiH3])CC([SiH3])C(=O)C([SiH3])C(C)C. The van der Waals surface area contributed by atoms with Gasteiger partial charge in [0.05, 0.1) is 0 Å². The topological polar surface area (TPSA) is 34.1 Å². The van der Waals surface area contributed by atoms with Gasteiger partial charge in [0.2, 0.25) is 0 Å². The summed E-state index contributed by atoms with van der Waals surface area (Å²) in [6.45, 7) is 6.28. The first-order valence-electron chi connectivity index (χ1n) is 6.75. The Morgan fingerprint density at radius 3 is 1.65 bits per heavy atom. The van der Waals surface area contributed by atoms with Crippen LogP contribution in [-0.4, -0.2) is 52.5 Å². The molecule has 17 heavy (non-hydrogen) atoms. The number of carbonyl (C=O) groups is 2. The van der Waals surface area contributed by atoms with Crippen molar-refractivity contribution in [3.8, 4) is 0 Å². The molecule has 0 bridgehead atoms. The quantitative estimate of drug-likeness (QED) is 0.501. The minimum atomic E-state index is 0.215. The fourth-order valence-corrected chi connectivity index (χ4v) is 8.13. The van der Waals surface area contributed by atoms with Gasteiger partial charge < -0.3 is 0 Å². The van der Waals surface area contributed by atoms with Crippen LogP contribution in [0.3, 0.4) is 0 Å². The van der Waals surface area contributed by atoms with Crippen LogP contribution in [0.5, 0.6) is 0 Å². The van der Waals surface area contributed by atoms with Gasteiger partial charge in [0.1, 0.15) is 11.6 Å². The van der Waals surface area contributed by atoms with Gasteiger partial charge >= 0.3 is 0 Å². The molecule has 0 rings (SSSR count). The molecule has 6 heteroatoms. The zero-order valence-electron chi connectivity index (χ0n) is 12.4. The molecule has 4 unspecified atom stereocenters. The number of rotatable bonds is 7. The summed E-state index contributed by atoms with van der Waals surface area (Å²) in [6, 6.07) is 0. The summed E-state index contributed by atoms with van der Waals surface area (Å²) in [7, 11) is 3.72. The molecule has 0 aromatic rings. The summed E-state index contributed by atoms with van der Waals surface area (Å²) in [6.07, 6.45) is 0.855. The van der Waals surface area contributed by atoms with Crippen LogP contribution in [0.4, 0.5) is 0 Å². The van der Waals surface area contributed by atoms with Crippen molar-refractivity contribution in [2.24, 2.45) is 5.92 Å². The normalized spacial score (nSPS) is 19.3. The van der Waals surface area contributed by atoms with E-state index in [2.05, 4.69) is 13.8 Å². The largest absolute Gasteiger partial charge is 0.300 e. The van der Waals surface area contributed by atoms with Gasteiger partial charge in [0.25, 0.3) is 0 Å². The highest BCUT2D eigenvalue weighted by atomic mass is 28.2. The van der Waals surface area contributed by atoms with Gasteiger partial charge in [-0.05, 0) is 17.9 Å². The molecule has 0 heterocycles. The zero-order valence-corrected chi connectivity index (χ0v) is 20.4. The van der Waals surface area contributed by atoms with Gasteiger partial charge in [-0.2, -0.15) is 0 Å². The average molecular weight is 305 g/mol. The Bertz CT molecular complexity index is 279. The third kappa shape index (κ3) is 5.58. The standard InChI is InChI=1S/C11H28O2Si4/c1-5(2)11(17)10(13)8(16)4-7(15)9(12)6(3)14/h5-8,11H,4H2,1-3,14-17H3. The van der Waals surface area contributed by atoms with Crippen LogP contribution in [0, 0.1) is 5.92 Å². The minimum Gasteiger partial charge on any atom is -0.300 e. The highest BCUT2D eigenvalue weighted by Gasteiger charge is 2.26. The first kappa shape index (κ1) is 17.2. The maximum Gasteiger partial charge on any atom is 0.132 e. The fraction of sp³-hybridized carbons (Fsp3) is 0.818. The molecule has 0 aliphatic heterocycles. The highest BCUT2D eigenvalue weighted by molar-refractivity contribution is 6.36. The molecule has 0 aliphatic carbocycles. The molecule has 0 amide bonds. The van der Waals surface area contributed by atoms with E-state index in [1.54, 1.807) is 0 Å². The van der Waals surface area contributed by atoms with Crippen molar-refractivity contribution in [1.29, 1.82) is 0 Å². The van der Waals surface area contributed by atoms with E-state index in [1.165, 1.54) is 0 Å². The molecule has 0 N–H and O–H groups in total. The monoisotopic (exact) mass is 304 g/mol. The van der Waals surface area contributed by atoms with Crippen molar-refractivity contribution in [3.63, 3.8) is 0 Å². The van der Waals surface area contributed by atoms with Gasteiger partial charge in [-0.15, -0.1) is 0 Å². The highest BCUT2D eigenvalue weighted by Crippen LogP contribution is 2.28. The van der Waals surface area contributed by atoms with Gasteiger partial charge in [0, 0.05) is 57.6 Å². The number of ketones is 2. The maximum absolute atomic E-state index is 12.2. The molecule has 0 aromatic carbocycles.